The highest BCUT2D eigenvalue weighted by Gasteiger charge is 2.17. The minimum absolute atomic E-state index is 0.0232. The van der Waals surface area contributed by atoms with Gasteiger partial charge in [-0.1, -0.05) is 6.07 Å². The van der Waals surface area contributed by atoms with Crippen LogP contribution in [0.15, 0.2) is 70.8 Å². The number of nitro groups is 1. The third-order valence-corrected chi connectivity index (χ3v) is 5.42. The Bertz CT molecular complexity index is 1270. The summed E-state index contributed by atoms with van der Waals surface area (Å²) >= 11 is 3.35. The third-order valence-electron chi connectivity index (χ3n) is 4.80. The van der Waals surface area contributed by atoms with Crippen LogP contribution in [0, 0.1) is 24.0 Å². The van der Waals surface area contributed by atoms with Gasteiger partial charge in [0.1, 0.15) is 11.4 Å². The average Bonchev–Trinajstić information content (AvgIpc) is 2.78. The van der Waals surface area contributed by atoms with Crippen LogP contribution in [0.2, 0.25) is 0 Å². The Morgan fingerprint density at radius 2 is 1.65 bits per heavy atom. The average molecular weight is 524 g/mol. The molecule has 0 aliphatic heterocycles. The molecule has 0 aromatic heterocycles. The summed E-state index contributed by atoms with van der Waals surface area (Å²) < 4.78 is 5.77. The number of methoxy groups -OCH3 is 1. The van der Waals surface area contributed by atoms with Gasteiger partial charge in [0, 0.05) is 23.4 Å². The van der Waals surface area contributed by atoms with Gasteiger partial charge in [-0.3, -0.25) is 19.7 Å². The molecule has 8 nitrogen and oxygen atoms in total. The molecule has 0 saturated carbocycles. The molecule has 3 aromatic rings. The van der Waals surface area contributed by atoms with Crippen molar-refractivity contribution in [1.29, 1.82) is 0 Å². The van der Waals surface area contributed by atoms with Crippen LogP contribution in [0.25, 0.3) is 6.08 Å². The normalized spacial score (nSPS) is 11.0. The zero-order valence-corrected chi connectivity index (χ0v) is 20.3. The van der Waals surface area contributed by atoms with Crippen molar-refractivity contribution in [1.82, 2.24) is 5.32 Å². The second-order valence-electron chi connectivity index (χ2n) is 7.54. The Hall–Kier alpha value is -3.98. The number of nitrogens with one attached hydrogen (secondary N) is 2. The largest absolute Gasteiger partial charge is 0.496 e. The molecule has 0 heterocycles. The monoisotopic (exact) mass is 523 g/mol. The zero-order chi connectivity index (χ0) is 24.8. The number of halogens is 1. The van der Waals surface area contributed by atoms with E-state index in [4.69, 9.17) is 4.74 Å². The minimum atomic E-state index is -0.538. The van der Waals surface area contributed by atoms with Crippen molar-refractivity contribution >= 4 is 45.2 Å². The van der Waals surface area contributed by atoms with Crippen LogP contribution in [-0.4, -0.2) is 23.8 Å². The van der Waals surface area contributed by atoms with Gasteiger partial charge in [0.25, 0.3) is 17.5 Å². The Morgan fingerprint density at radius 3 is 2.21 bits per heavy atom. The van der Waals surface area contributed by atoms with Crippen LogP contribution >= 0.6 is 15.9 Å². The van der Waals surface area contributed by atoms with Gasteiger partial charge < -0.3 is 15.4 Å². The number of hydrogen-bond donors (Lipinski definition) is 2. The second-order valence-corrected chi connectivity index (χ2v) is 8.39. The van der Waals surface area contributed by atoms with Crippen molar-refractivity contribution < 1.29 is 19.2 Å². The van der Waals surface area contributed by atoms with E-state index in [2.05, 4.69) is 26.6 Å². The minimum Gasteiger partial charge on any atom is -0.496 e. The molecule has 0 aliphatic carbocycles. The molecular weight excluding hydrogens is 502 g/mol. The fourth-order valence-electron chi connectivity index (χ4n) is 3.26. The SMILES string of the molecule is COc1ccc(C(=O)NC(=Cc2ccc([N+](=O)[O-])cc2)C(=O)Nc2cc(C)cc(C)c2)cc1Br. The summed E-state index contributed by atoms with van der Waals surface area (Å²) in [5, 5.41) is 16.4. The summed E-state index contributed by atoms with van der Waals surface area (Å²) in [4.78, 5) is 36.5. The lowest BCUT2D eigenvalue weighted by Crippen LogP contribution is -2.30. The van der Waals surface area contributed by atoms with Gasteiger partial charge in [0.2, 0.25) is 0 Å². The first-order valence-electron chi connectivity index (χ1n) is 10.2. The van der Waals surface area contributed by atoms with Crippen molar-refractivity contribution in [2.45, 2.75) is 13.8 Å². The lowest BCUT2D eigenvalue weighted by molar-refractivity contribution is -0.384. The van der Waals surface area contributed by atoms with Crippen molar-refractivity contribution in [3.05, 3.63) is 103 Å². The highest BCUT2D eigenvalue weighted by atomic mass is 79.9. The molecular formula is C25H22BrN3O5. The molecule has 2 N–H and O–H groups in total. The molecule has 0 atom stereocenters. The number of carbonyl (C=O) groups excluding carboxylic acids is 2. The van der Waals surface area contributed by atoms with E-state index in [1.54, 1.807) is 18.2 Å². The van der Waals surface area contributed by atoms with Crippen molar-refractivity contribution in [2.24, 2.45) is 0 Å². The lowest BCUT2D eigenvalue weighted by Gasteiger charge is -2.13. The van der Waals surface area contributed by atoms with Gasteiger partial charge in [-0.25, -0.2) is 0 Å². The zero-order valence-electron chi connectivity index (χ0n) is 18.7. The molecule has 9 heteroatoms. The fraction of sp³-hybridized carbons (Fsp3) is 0.120. The number of nitro benzene ring substituents is 1. The first kappa shape index (κ1) is 24.7. The molecule has 0 spiro atoms. The molecule has 34 heavy (non-hydrogen) atoms. The van der Waals surface area contributed by atoms with E-state index >= 15 is 0 Å². The van der Waals surface area contributed by atoms with Crippen LogP contribution in [-0.2, 0) is 4.79 Å². The highest BCUT2D eigenvalue weighted by Crippen LogP contribution is 2.25. The molecule has 0 radical (unpaired) electrons. The maximum absolute atomic E-state index is 13.1. The van der Waals surface area contributed by atoms with Gasteiger partial charge >= 0.3 is 0 Å². The molecule has 3 rings (SSSR count). The van der Waals surface area contributed by atoms with E-state index < -0.39 is 16.7 Å². The van der Waals surface area contributed by atoms with Crippen LogP contribution < -0.4 is 15.4 Å². The van der Waals surface area contributed by atoms with Gasteiger partial charge in [-0.15, -0.1) is 0 Å². The molecule has 2 amide bonds. The number of amides is 2. The second kappa shape index (κ2) is 10.8. The van der Waals surface area contributed by atoms with Crippen LogP contribution in [0.5, 0.6) is 5.75 Å². The fourth-order valence-corrected chi connectivity index (χ4v) is 3.81. The molecule has 0 bridgehead atoms. The van der Waals surface area contributed by atoms with Gasteiger partial charge in [-0.2, -0.15) is 0 Å². The quantitative estimate of drug-likeness (QED) is 0.245. The maximum Gasteiger partial charge on any atom is 0.272 e. The number of hydrogen-bond acceptors (Lipinski definition) is 5. The van der Waals surface area contributed by atoms with Crippen molar-refractivity contribution in [2.75, 3.05) is 12.4 Å². The highest BCUT2D eigenvalue weighted by molar-refractivity contribution is 9.10. The predicted octanol–water partition coefficient (Wildman–Crippen LogP) is 5.39. The molecule has 0 aliphatic rings. The number of anilines is 1. The number of nitrogens with zero attached hydrogens (tertiary/aromatic N) is 1. The van der Waals surface area contributed by atoms with E-state index in [1.807, 2.05) is 32.0 Å². The van der Waals surface area contributed by atoms with Gasteiger partial charge in [-0.05, 0) is 95.0 Å². The first-order valence-corrected chi connectivity index (χ1v) is 11.0. The molecule has 0 fully saturated rings. The molecule has 0 unspecified atom stereocenters. The number of non-ortho nitro benzene ring substituents is 1. The third kappa shape index (κ3) is 6.29. The van der Waals surface area contributed by atoms with E-state index in [1.165, 1.54) is 37.5 Å². The van der Waals surface area contributed by atoms with Crippen molar-refractivity contribution in [3.8, 4) is 5.75 Å². The topological polar surface area (TPSA) is 111 Å². The Balaban J connectivity index is 1.93. The predicted molar refractivity (Wildman–Crippen MR) is 134 cm³/mol. The van der Waals surface area contributed by atoms with E-state index in [-0.39, 0.29) is 11.4 Å². The number of carbonyl (C=O) groups is 2. The lowest BCUT2D eigenvalue weighted by atomic mass is 10.1. The summed E-state index contributed by atoms with van der Waals surface area (Å²) in [6.07, 6.45) is 1.46. The smallest absolute Gasteiger partial charge is 0.272 e. The van der Waals surface area contributed by atoms with Gasteiger partial charge in [0.15, 0.2) is 0 Å². The number of aryl methyl sites for hydroxylation is 2. The molecule has 3 aromatic carbocycles. The van der Waals surface area contributed by atoms with Crippen LogP contribution in [0.4, 0.5) is 11.4 Å². The summed E-state index contributed by atoms with van der Waals surface area (Å²) in [7, 11) is 1.52. The summed E-state index contributed by atoms with van der Waals surface area (Å²) in [5.74, 6) is -0.484. The first-order chi connectivity index (χ1) is 16.2. The van der Waals surface area contributed by atoms with E-state index in [9.17, 15) is 19.7 Å². The summed E-state index contributed by atoms with van der Waals surface area (Å²) in [6.45, 7) is 3.83. The number of rotatable bonds is 7. The molecule has 0 saturated heterocycles. The Labute approximate surface area is 204 Å². The maximum atomic E-state index is 13.1. The van der Waals surface area contributed by atoms with E-state index in [0.717, 1.165) is 11.1 Å². The number of benzene rings is 3. The number of ether oxygens (including phenoxy) is 1. The van der Waals surface area contributed by atoms with Crippen LogP contribution in [0.3, 0.4) is 0 Å². The summed E-state index contributed by atoms with van der Waals surface area (Å²) in [6, 6.07) is 16.1. The Kier molecular flexibility index (Phi) is 7.80. The van der Waals surface area contributed by atoms with E-state index in [0.29, 0.717) is 27.0 Å². The summed E-state index contributed by atoms with van der Waals surface area (Å²) in [5.41, 5.74) is 3.24. The Morgan fingerprint density at radius 1 is 1.00 bits per heavy atom. The molecule has 174 valence electrons. The van der Waals surface area contributed by atoms with Crippen LogP contribution in [0.1, 0.15) is 27.0 Å². The van der Waals surface area contributed by atoms with Gasteiger partial charge in [0.05, 0.1) is 16.5 Å². The van der Waals surface area contributed by atoms with Crippen molar-refractivity contribution in [3.63, 3.8) is 0 Å². The standard InChI is InChI=1S/C25H22BrN3O5/c1-15-10-16(2)12-19(11-15)27-25(31)22(13-17-4-7-20(8-5-17)29(32)33)28-24(30)18-6-9-23(34-3)21(26)14-18/h4-14H,1-3H3,(H,27,31)(H,28,30).